The number of ether oxygens (including phenoxy) is 1. The Balaban J connectivity index is 2.47. The van der Waals surface area contributed by atoms with Crippen molar-refractivity contribution in [1.82, 2.24) is 9.97 Å². The van der Waals surface area contributed by atoms with Crippen molar-refractivity contribution in [3.05, 3.63) is 17.7 Å². The van der Waals surface area contributed by atoms with Gasteiger partial charge < -0.3 is 21.1 Å². The number of nitrogen functional groups attached to an aromatic ring is 1. The van der Waals surface area contributed by atoms with E-state index in [9.17, 15) is 0 Å². The molecule has 0 unspecified atom stereocenters. The molecule has 4 N–H and O–H groups in total. The number of aryl methyl sites for hydroxylation is 1. The molecule has 0 spiro atoms. The molecule has 0 saturated heterocycles. The topological polar surface area (TPSA) is 90.3 Å². The number of aromatic nitrogens is 2. The van der Waals surface area contributed by atoms with Crippen LogP contribution in [0.4, 0.5) is 11.8 Å². The lowest BCUT2D eigenvalue weighted by Gasteiger charge is -2.18. The molecule has 6 nitrogen and oxygen atoms in total. The summed E-state index contributed by atoms with van der Waals surface area (Å²) in [6.07, 6.45) is 0.884. The molecule has 0 aliphatic heterocycles. The highest BCUT2D eigenvalue weighted by atomic mass is 16.5. The van der Waals surface area contributed by atoms with Gasteiger partial charge in [-0.2, -0.15) is 4.98 Å². The standard InChI is InChI=1S/C14H21N5O/c1-9-7-10-11(8-12(9)20-3)17-14(18-13(10)16)19(2)6-4-5-15/h7-8H,4-6,15H2,1-3H3,(H2,16,17,18). The summed E-state index contributed by atoms with van der Waals surface area (Å²) in [7, 11) is 3.58. The van der Waals surface area contributed by atoms with Crippen LogP contribution in [0.5, 0.6) is 5.75 Å². The van der Waals surface area contributed by atoms with Crippen molar-refractivity contribution < 1.29 is 4.74 Å². The van der Waals surface area contributed by atoms with Gasteiger partial charge in [0, 0.05) is 25.0 Å². The molecule has 0 aliphatic rings. The molecule has 0 atom stereocenters. The Bertz CT molecular complexity index is 614. The zero-order chi connectivity index (χ0) is 14.7. The zero-order valence-electron chi connectivity index (χ0n) is 12.2. The third-order valence-electron chi connectivity index (χ3n) is 3.27. The zero-order valence-corrected chi connectivity index (χ0v) is 12.2. The van der Waals surface area contributed by atoms with Crippen LogP contribution in [0.15, 0.2) is 12.1 Å². The van der Waals surface area contributed by atoms with Crippen molar-refractivity contribution >= 4 is 22.7 Å². The highest BCUT2D eigenvalue weighted by molar-refractivity contribution is 5.90. The van der Waals surface area contributed by atoms with Crippen LogP contribution >= 0.6 is 0 Å². The second-order valence-corrected chi connectivity index (χ2v) is 4.81. The molecule has 2 aromatic rings. The number of anilines is 2. The predicted octanol–water partition coefficient (Wildman–Crippen LogP) is 1.31. The first-order chi connectivity index (χ1) is 9.56. The minimum atomic E-state index is 0.482. The second kappa shape index (κ2) is 5.92. The molecule has 0 aliphatic carbocycles. The molecule has 0 fully saturated rings. The van der Waals surface area contributed by atoms with Gasteiger partial charge in [-0.3, -0.25) is 0 Å². The monoisotopic (exact) mass is 275 g/mol. The van der Waals surface area contributed by atoms with Gasteiger partial charge in [-0.25, -0.2) is 4.98 Å². The highest BCUT2D eigenvalue weighted by Gasteiger charge is 2.11. The molecule has 1 aromatic carbocycles. The number of fused-ring (bicyclic) bond motifs is 1. The quantitative estimate of drug-likeness (QED) is 0.855. The van der Waals surface area contributed by atoms with Crippen LogP contribution in [-0.2, 0) is 0 Å². The van der Waals surface area contributed by atoms with E-state index in [2.05, 4.69) is 9.97 Å². The largest absolute Gasteiger partial charge is 0.496 e. The number of nitrogens with two attached hydrogens (primary N) is 2. The first-order valence-electron chi connectivity index (χ1n) is 6.60. The van der Waals surface area contributed by atoms with Crippen LogP contribution in [0.3, 0.4) is 0 Å². The van der Waals surface area contributed by atoms with Gasteiger partial charge in [-0.1, -0.05) is 0 Å². The van der Waals surface area contributed by atoms with E-state index in [4.69, 9.17) is 16.2 Å². The molecule has 0 amide bonds. The number of benzene rings is 1. The van der Waals surface area contributed by atoms with Crippen LogP contribution in [0, 0.1) is 6.92 Å². The number of methoxy groups -OCH3 is 1. The minimum absolute atomic E-state index is 0.482. The van der Waals surface area contributed by atoms with Gasteiger partial charge in [0.05, 0.1) is 12.6 Å². The van der Waals surface area contributed by atoms with Gasteiger partial charge in [0.1, 0.15) is 11.6 Å². The Morgan fingerprint density at radius 1 is 1.30 bits per heavy atom. The van der Waals surface area contributed by atoms with E-state index in [1.165, 1.54) is 0 Å². The minimum Gasteiger partial charge on any atom is -0.496 e. The molecule has 1 heterocycles. The summed E-state index contributed by atoms with van der Waals surface area (Å²) in [5.74, 6) is 1.89. The van der Waals surface area contributed by atoms with Crippen molar-refractivity contribution in [2.24, 2.45) is 5.73 Å². The molecule has 0 radical (unpaired) electrons. The van der Waals surface area contributed by atoms with Gasteiger partial charge in [-0.05, 0) is 31.5 Å². The lowest BCUT2D eigenvalue weighted by molar-refractivity contribution is 0.412. The van der Waals surface area contributed by atoms with E-state index in [0.29, 0.717) is 18.3 Å². The van der Waals surface area contributed by atoms with Crippen LogP contribution in [0.2, 0.25) is 0 Å². The highest BCUT2D eigenvalue weighted by Crippen LogP contribution is 2.28. The molecule has 6 heteroatoms. The molecule has 108 valence electrons. The summed E-state index contributed by atoms with van der Waals surface area (Å²) >= 11 is 0. The Hall–Kier alpha value is -2.08. The number of rotatable bonds is 5. The molecule has 2 rings (SSSR count). The first-order valence-corrected chi connectivity index (χ1v) is 6.60. The summed E-state index contributed by atoms with van der Waals surface area (Å²) < 4.78 is 5.33. The first kappa shape index (κ1) is 14.3. The Morgan fingerprint density at radius 2 is 2.05 bits per heavy atom. The fourth-order valence-corrected chi connectivity index (χ4v) is 2.09. The van der Waals surface area contributed by atoms with Gasteiger partial charge in [0.15, 0.2) is 0 Å². The number of hydrogen-bond donors (Lipinski definition) is 2. The van der Waals surface area contributed by atoms with Crippen LogP contribution in [-0.4, -0.2) is 37.2 Å². The van der Waals surface area contributed by atoms with Gasteiger partial charge in [0.2, 0.25) is 5.95 Å². The average Bonchev–Trinajstić information content (AvgIpc) is 2.44. The molecule has 0 bridgehead atoms. The smallest absolute Gasteiger partial charge is 0.227 e. The van der Waals surface area contributed by atoms with E-state index >= 15 is 0 Å². The molecule has 1 aromatic heterocycles. The van der Waals surface area contributed by atoms with Crippen molar-refractivity contribution in [2.75, 3.05) is 37.9 Å². The molecule has 0 saturated carbocycles. The van der Waals surface area contributed by atoms with Crippen molar-refractivity contribution in [2.45, 2.75) is 13.3 Å². The SMILES string of the molecule is COc1cc2nc(N(C)CCCN)nc(N)c2cc1C. The van der Waals surface area contributed by atoms with E-state index < -0.39 is 0 Å². The fourth-order valence-electron chi connectivity index (χ4n) is 2.09. The summed E-state index contributed by atoms with van der Waals surface area (Å²) in [5, 5.41) is 0.847. The lowest BCUT2D eigenvalue weighted by atomic mass is 10.1. The fraction of sp³-hybridized carbons (Fsp3) is 0.429. The Morgan fingerprint density at radius 3 is 2.70 bits per heavy atom. The van der Waals surface area contributed by atoms with E-state index in [-0.39, 0.29) is 0 Å². The summed E-state index contributed by atoms with van der Waals surface area (Å²) in [6.45, 7) is 3.41. The molecular weight excluding hydrogens is 254 g/mol. The van der Waals surface area contributed by atoms with E-state index in [1.54, 1.807) is 7.11 Å². The Kier molecular flexibility index (Phi) is 4.24. The van der Waals surface area contributed by atoms with Crippen molar-refractivity contribution in [3.8, 4) is 5.75 Å². The summed E-state index contributed by atoms with van der Waals surface area (Å²) in [4.78, 5) is 10.9. The van der Waals surface area contributed by atoms with Gasteiger partial charge >= 0.3 is 0 Å². The number of nitrogens with zero attached hydrogens (tertiary/aromatic N) is 3. The second-order valence-electron chi connectivity index (χ2n) is 4.81. The maximum absolute atomic E-state index is 6.04. The third kappa shape index (κ3) is 2.75. The molecule has 20 heavy (non-hydrogen) atoms. The van der Waals surface area contributed by atoms with Crippen molar-refractivity contribution in [3.63, 3.8) is 0 Å². The maximum Gasteiger partial charge on any atom is 0.227 e. The van der Waals surface area contributed by atoms with Crippen LogP contribution in [0.25, 0.3) is 10.9 Å². The maximum atomic E-state index is 6.04. The molecular formula is C14H21N5O. The summed E-state index contributed by atoms with van der Waals surface area (Å²) in [5.41, 5.74) is 13.4. The van der Waals surface area contributed by atoms with E-state index in [0.717, 1.165) is 35.2 Å². The van der Waals surface area contributed by atoms with Gasteiger partial charge in [-0.15, -0.1) is 0 Å². The average molecular weight is 275 g/mol. The number of hydrogen-bond acceptors (Lipinski definition) is 6. The van der Waals surface area contributed by atoms with E-state index in [1.807, 2.05) is 31.0 Å². The van der Waals surface area contributed by atoms with Crippen LogP contribution in [0.1, 0.15) is 12.0 Å². The van der Waals surface area contributed by atoms with Gasteiger partial charge in [0.25, 0.3) is 0 Å². The van der Waals surface area contributed by atoms with Crippen LogP contribution < -0.4 is 21.1 Å². The summed E-state index contributed by atoms with van der Waals surface area (Å²) in [6, 6.07) is 3.84. The normalized spacial score (nSPS) is 10.8. The Labute approximate surface area is 118 Å². The lowest BCUT2D eigenvalue weighted by Crippen LogP contribution is -2.23. The predicted molar refractivity (Wildman–Crippen MR) is 82.2 cm³/mol. The van der Waals surface area contributed by atoms with Crippen molar-refractivity contribution in [1.29, 1.82) is 0 Å². The third-order valence-corrected chi connectivity index (χ3v) is 3.27.